The van der Waals surface area contributed by atoms with Crippen LogP contribution in [0, 0.1) is 11.7 Å². The van der Waals surface area contributed by atoms with Gasteiger partial charge in [0.2, 0.25) is 10.0 Å². The van der Waals surface area contributed by atoms with Crippen molar-refractivity contribution in [3.05, 3.63) is 89.7 Å². The molecule has 3 aromatic rings. The van der Waals surface area contributed by atoms with E-state index in [1.54, 1.807) is 24.3 Å². The minimum absolute atomic E-state index is 0.0574. The molecule has 1 heterocycles. The number of carbonyl (C=O) groups is 2. The van der Waals surface area contributed by atoms with Crippen LogP contribution in [0.5, 0.6) is 0 Å². The second-order valence-electron chi connectivity index (χ2n) is 8.58. The standard InChI is InChI=1S/C26H26FN3O4S/c1-18-13-15-30(16-14-18)35(33,34)22-6-4-5-19(17-22)25(31)29-24-8-3-2-7-23(24)26(32)28-21-11-9-20(27)10-12-21/h2-12,17-18H,13-16H2,1H3,(H,28,32)(H,29,31). The number of rotatable bonds is 6. The van der Waals surface area contributed by atoms with Crippen LogP contribution in [-0.4, -0.2) is 37.6 Å². The summed E-state index contributed by atoms with van der Waals surface area (Å²) in [4.78, 5) is 25.8. The third kappa shape index (κ3) is 5.75. The minimum atomic E-state index is -3.71. The highest BCUT2D eigenvalue weighted by Gasteiger charge is 2.28. The van der Waals surface area contributed by atoms with Crippen molar-refractivity contribution in [2.45, 2.75) is 24.7 Å². The van der Waals surface area contributed by atoms with Gasteiger partial charge >= 0.3 is 0 Å². The number of hydrogen-bond acceptors (Lipinski definition) is 4. The molecule has 0 radical (unpaired) electrons. The first-order chi connectivity index (χ1) is 16.7. The lowest BCUT2D eigenvalue weighted by molar-refractivity contribution is 0.102. The molecule has 7 nitrogen and oxygen atoms in total. The van der Waals surface area contributed by atoms with E-state index in [9.17, 15) is 22.4 Å². The van der Waals surface area contributed by atoms with E-state index in [-0.39, 0.29) is 21.7 Å². The number of halogens is 1. The zero-order chi connectivity index (χ0) is 25.0. The van der Waals surface area contributed by atoms with Crippen LogP contribution in [0.25, 0.3) is 0 Å². The van der Waals surface area contributed by atoms with E-state index in [1.165, 1.54) is 52.8 Å². The van der Waals surface area contributed by atoms with Gasteiger partial charge < -0.3 is 10.6 Å². The molecule has 0 aliphatic carbocycles. The molecule has 1 fully saturated rings. The van der Waals surface area contributed by atoms with E-state index >= 15 is 0 Å². The molecule has 2 amide bonds. The highest BCUT2D eigenvalue weighted by Crippen LogP contribution is 2.25. The molecule has 35 heavy (non-hydrogen) atoms. The van der Waals surface area contributed by atoms with Gasteiger partial charge in [0.25, 0.3) is 11.8 Å². The minimum Gasteiger partial charge on any atom is -0.322 e. The molecule has 0 spiro atoms. The molecule has 3 aromatic carbocycles. The fraction of sp³-hybridized carbons (Fsp3) is 0.231. The lowest BCUT2D eigenvalue weighted by Gasteiger charge is -2.29. The zero-order valence-electron chi connectivity index (χ0n) is 19.2. The number of hydrogen-bond donors (Lipinski definition) is 2. The summed E-state index contributed by atoms with van der Waals surface area (Å²) < 4.78 is 40.8. The molecule has 1 aliphatic rings. The maximum Gasteiger partial charge on any atom is 0.257 e. The molecule has 0 saturated carbocycles. The summed E-state index contributed by atoms with van der Waals surface area (Å²) in [5.41, 5.74) is 1.03. The monoisotopic (exact) mass is 495 g/mol. The van der Waals surface area contributed by atoms with Crippen molar-refractivity contribution in [1.82, 2.24) is 4.31 Å². The molecule has 4 rings (SSSR count). The molecular weight excluding hydrogens is 469 g/mol. The van der Waals surface area contributed by atoms with Gasteiger partial charge in [-0.05, 0) is 73.4 Å². The average Bonchev–Trinajstić information content (AvgIpc) is 2.86. The predicted octanol–water partition coefficient (Wildman–Crippen LogP) is 4.75. The maximum atomic E-state index is 13.1. The highest BCUT2D eigenvalue weighted by atomic mass is 32.2. The number of sulfonamides is 1. The molecule has 0 atom stereocenters. The lowest BCUT2D eigenvalue weighted by atomic mass is 10.0. The van der Waals surface area contributed by atoms with Crippen LogP contribution in [0.4, 0.5) is 15.8 Å². The second-order valence-corrected chi connectivity index (χ2v) is 10.5. The normalized spacial score (nSPS) is 14.9. The fourth-order valence-electron chi connectivity index (χ4n) is 3.89. The average molecular weight is 496 g/mol. The van der Waals surface area contributed by atoms with Crippen molar-refractivity contribution in [1.29, 1.82) is 0 Å². The van der Waals surface area contributed by atoms with Crippen molar-refractivity contribution < 1.29 is 22.4 Å². The number of benzene rings is 3. The van der Waals surface area contributed by atoms with Gasteiger partial charge in [-0.25, -0.2) is 12.8 Å². The largest absolute Gasteiger partial charge is 0.322 e. The van der Waals surface area contributed by atoms with E-state index in [1.807, 2.05) is 0 Å². The van der Waals surface area contributed by atoms with Gasteiger partial charge in [0.15, 0.2) is 0 Å². The summed E-state index contributed by atoms with van der Waals surface area (Å²) in [5.74, 6) is -0.965. The molecule has 9 heteroatoms. The van der Waals surface area contributed by atoms with Crippen molar-refractivity contribution in [3.63, 3.8) is 0 Å². The summed E-state index contributed by atoms with van der Waals surface area (Å²) in [5, 5.41) is 5.36. The Morgan fingerprint density at radius 3 is 2.29 bits per heavy atom. The number of para-hydroxylation sites is 1. The van der Waals surface area contributed by atoms with Crippen LogP contribution in [0.1, 0.15) is 40.5 Å². The first-order valence-electron chi connectivity index (χ1n) is 11.3. The zero-order valence-corrected chi connectivity index (χ0v) is 20.0. The molecule has 1 saturated heterocycles. The van der Waals surface area contributed by atoms with Crippen LogP contribution >= 0.6 is 0 Å². The van der Waals surface area contributed by atoms with Crippen LogP contribution < -0.4 is 10.6 Å². The van der Waals surface area contributed by atoms with Gasteiger partial charge in [0, 0.05) is 24.3 Å². The number of amides is 2. The Balaban J connectivity index is 1.52. The van der Waals surface area contributed by atoms with E-state index in [0.29, 0.717) is 24.7 Å². The fourth-order valence-corrected chi connectivity index (χ4v) is 5.40. The maximum absolute atomic E-state index is 13.1. The van der Waals surface area contributed by atoms with Crippen molar-refractivity contribution in [2.24, 2.45) is 5.92 Å². The Bertz CT molecular complexity index is 1330. The van der Waals surface area contributed by atoms with Crippen LogP contribution in [-0.2, 0) is 10.0 Å². The van der Waals surface area contributed by atoms with Gasteiger partial charge in [-0.15, -0.1) is 0 Å². The first-order valence-corrected chi connectivity index (χ1v) is 12.8. The molecule has 1 aliphatic heterocycles. The Hall–Kier alpha value is -3.56. The summed E-state index contributed by atoms with van der Waals surface area (Å²) in [6, 6.07) is 17.7. The van der Waals surface area contributed by atoms with E-state index in [0.717, 1.165) is 12.8 Å². The number of anilines is 2. The number of piperidine rings is 1. The number of nitrogens with one attached hydrogen (secondary N) is 2. The summed E-state index contributed by atoms with van der Waals surface area (Å²) in [6.07, 6.45) is 1.60. The van der Waals surface area contributed by atoms with Gasteiger partial charge in [-0.2, -0.15) is 4.31 Å². The molecule has 0 unspecified atom stereocenters. The van der Waals surface area contributed by atoms with Gasteiger partial charge in [0.1, 0.15) is 5.82 Å². The van der Waals surface area contributed by atoms with Gasteiger partial charge in [0.05, 0.1) is 16.1 Å². The molecule has 0 bridgehead atoms. The Labute approximate surface area is 204 Å². The first kappa shape index (κ1) is 24.6. The summed E-state index contributed by atoms with van der Waals surface area (Å²) in [7, 11) is -3.71. The SMILES string of the molecule is CC1CCN(S(=O)(=O)c2cccc(C(=O)Nc3ccccc3C(=O)Nc3ccc(F)cc3)c2)CC1. The number of nitrogens with zero attached hydrogens (tertiary/aromatic N) is 1. The van der Waals surface area contributed by atoms with Crippen LogP contribution in [0.15, 0.2) is 77.7 Å². The number of carbonyl (C=O) groups excluding carboxylic acids is 2. The third-order valence-electron chi connectivity index (χ3n) is 6.00. The van der Waals surface area contributed by atoms with Crippen LogP contribution in [0.3, 0.4) is 0 Å². The molecule has 2 N–H and O–H groups in total. The topological polar surface area (TPSA) is 95.6 Å². The van der Waals surface area contributed by atoms with E-state index in [2.05, 4.69) is 17.6 Å². The quantitative estimate of drug-likeness (QED) is 0.516. The Morgan fingerprint density at radius 1 is 0.886 bits per heavy atom. The third-order valence-corrected chi connectivity index (χ3v) is 7.89. The Kier molecular flexibility index (Phi) is 7.28. The second kappa shape index (κ2) is 10.4. The summed E-state index contributed by atoms with van der Waals surface area (Å²) in [6.45, 7) is 3.01. The van der Waals surface area contributed by atoms with Crippen molar-refractivity contribution >= 4 is 33.2 Å². The molecular formula is C26H26FN3O4S. The van der Waals surface area contributed by atoms with E-state index in [4.69, 9.17) is 0 Å². The lowest BCUT2D eigenvalue weighted by Crippen LogP contribution is -2.37. The van der Waals surface area contributed by atoms with Crippen LogP contribution in [0.2, 0.25) is 0 Å². The van der Waals surface area contributed by atoms with Gasteiger partial charge in [-0.1, -0.05) is 25.1 Å². The van der Waals surface area contributed by atoms with Gasteiger partial charge in [-0.3, -0.25) is 9.59 Å². The van der Waals surface area contributed by atoms with Crippen molar-refractivity contribution in [2.75, 3.05) is 23.7 Å². The van der Waals surface area contributed by atoms with E-state index < -0.39 is 27.7 Å². The predicted molar refractivity (Wildman–Crippen MR) is 132 cm³/mol. The van der Waals surface area contributed by atoms with Crippen molar-refractivity contribution in [3.8, 4) is 0 Å². The highest BCUT2D eigenvalue weighted by molar-refractivity contribution is 7.89. The molecule has 0 aromatic heterocycles. The Morgan fingerprint density at radius 2 is 1.57 bits per heavy atom. The summed E-state index contributed by atoms with van der Waals surface area (Å²) >= 11 is 0. The smallest absolute Gasteiger partial charge is 0.257 e. The molecule has 182 valence electrons.